The van der Waals surface area contributed by atoms with Gasteiger partial charge in [0.25, 0.3) is 0 Å². The number of hydrogen-bond donors (Lipinski definition) is 1. The molecule has 0 bridgehead atoms. The van der Waals surface area contributed by atoms with Crippen LogP contribution in [0.2, 0.25) is 0 Å². The van der Waals surface area contributed by atoms with Crippen molar-refractivity contribution in [2.75, 3.05) is 12.3 Å². The molecular weight excluding hydrogens is 268 g/mol. The van der Waals surface area contributed by atoms with Gasteiger partial charge in [-0.25, -0.2) is 14.3 Å². The Hall–Kier alpha value is -2.89. The molecule has 106 valence electrons. The zero-order valence-electron chi connectivity index (χ0n) is 11.5. The van der Waals surface area contributed by atoms with Gasteiger partial charge < -0.3 is 10.5 Å². The van der Waals surface area contributed by atoms with E-state index >= 15 is 0 Å². The molecule has 0 amide bonds. The summed E-state index contributed by atoms with van der Waals surface area (Å²) in [5.41, 5.74) is 9.05. The molecule has 0 spiro atoms. The molecule has 21 heavy (non-hydrogen) atoms. The van der Waals surface area contributed by atoms with Gasteiger partial charge in [-0.15, -0.1) is 0 Å². The molecule has 0 saturated carbocycles. The molecule has 0 aliphatic rings. The van der Waals surface area contributed by atoms with Crippen LogP contribution in [0.5, 0.6) is 0 Å². The van der Waals surface area contributed by atoms with E-state index in [-0.39, 0.29) is 5.69 Å². The van der Waals surface area contributed by atoms with Crippen LogP contribution >= 0.6 is 0 Å². The van der Waals surface area contributed by atoms with Crippen molar-refractivity contribution in [1.82, 2.24) is 14.6 Å². The van der Waals surface area contributed by atoms with Gasteiger partial charge in [0, 0.05) is 23.5 Å². The smallest absolute Gasteiger partial charge is 0.358 e. The van der Waals surface area contributed by atoms with Crippen molar-refractivity contribution < 1.29 is 9.53 Å². The number of para-hydroxylation sites is 1. The lowest BCUT2D eigenvalue weighted by atomic mass is 10.1. The summed E-state index contributed by atoms with van der Waals surface area (Å²) < 4.78 is 6.55. The molecular formula is C15H14N4O2. The lowest BCUT2D eigenvalue weighted by Crippen LogP contribution is -2.06. The number of carbonyl (C=O) groups is 1. The van der Waals surface area contributed by atoms with Gasteiger partial charge in [0.05, 0.1) is 12.3 Å². The van der Waals surface area contributed by atoms with Crippen molar-refractivity contribution in [2.45, 2.75) is 6.92 Å². The van der Waals surface area contributed by atoms with Gasteiger partial charge in [0.15, 0.2) is 11.3 Å². The highest BCUT2D eigenvalue weighted by molar-refractivity contribution is 5.89. The van der Waals surface area contributed by atoms with Crippen LogP contribution in [0.1, 0.15) is 17.4 Å². The van der Waals surface area contributed by atoms with Crippen molar-refractivity contribution in [2.24, 2.45) is 0 Å². The van der Waals surface area contributed by atoms with Gasteiger partial charge in [-0.2, -0.15) is 5.10 Å². The summed E-state index contributed by atoms with van der Waals surface area (Å²) in [5, 5.41) is 4.27. The predicted octanol–water partition coefficient (Wildman–Crippen LogP) is 2.16. The normalized spacial score (nSPS) is 10.7. The third-order valence-electron chi connectivity index (χ3n) is 3.08. The maximum absolute atomic E-state index is 11.8. The number of anilines is 1. The number of nitrogen functional groups attached to an aromatic ring is 1. The quantitative estimate of drug-likeness (QED) is 0.588. The van der Waals surface area contributed by atoms with Crippen LogP contribution in [-0.4, -0.2) is 27.2 Å². The topological polar surface area (TPSA) is 82.5 Å². The van der Waals surface area contributed by atoms with Gasteiger partial charge in [-0.1, -0.05) is 18.2 Å². The molecule has 3 rings (SSSR count). The SMILES string of the molecule is CCOC(=O)c1cc2nccc(-c3ccccc3N)n2n1. The number of esters is 1. The van der Waals surface area contributed by atoms with E-state index in [0.29, 0.717) is 17.9 Å². The molecule has 2 heterocycles. The largest absolute Gasteiger partial charge is 0.461 e. The first-order valence-electron chi connectivity index (χ1n) is 6.57. The number of carbonyl (C=O) groups excluding carboxylic acids is 1. The van der Waals surface area contributed by atoms with Crippen LogP contribution in [0.25, 0.3) is 16.9 Å². The molecule has 0 aliphatic carbocycles. The summed E-state index contributed by atoms with van der Waals surface area (Å²) >= 11 is 0. The van der Waals surface area contributed by atoms with Crippen molar-refractivity contribution in [3.05, 3.63) is 48.3 Å². The van der Waals surface area contributed by atoms with Crippen LogP contribution in [0, 0.1) is 0 Å². The maximum Gasteiger partial charge on any atom is 0.358 e. The summed E-state index contributed by atoms with van der Waals surface area (Å²) in [6.45, 7) is 2.06. The van der Waals surface area contributed by atoms with Crippen molar-refractivity contribution in [3.8, 4) is 11.3 Å². The Morgan fingerprint density at radius 2 is 2.14 bits per heavy atom. The number of benzene rings is 1. The van der Waals surface area contributed by atoms with E-state index in [4.69, 9.17) is 10.5 Å². The maximum atomic E-state index is 11.8. The molecule has 0 unspecified atom stereocenters. The number of nitrogens with two attached hydrogens (primary N) is 1. The number of rotatable bonds is 3. The Morgan fingerprint density at radius 1 is 1.33 bits per heavy atom. The van der Waals surface area contributed by atoms with E-state index in [9.17, 15) is 4.79 Å². The minimum atomic E-state index is -0.463. The second kappa shape index (κ2) is 5.24. The minimum Gasteiger partial charge on any atom is -0.461 e. The lowest BCUT2D eigenvalue weighted by molar-refractivity contribution is 0.0519. The molecule has 6 nitrogen and oxygen atoms in total. The average molecular weight is 282 g/mol. The number of fused-ring (bicyclic) bond motifs is 1. The van der Waals surface area contributed by atoms with E-state index in [1.165, 1.54) is 0 Å². The van der Waals surface area contributed by atoms with Crippen molar-refractivity contribution >= 4 is 17.3 Å². The second-order valence-electron chi connectivity index (χ2n) is 4.44. The predicted molar refractivity (Wildman–Crippen MR) is 78.8 cm³/mol. The number of hydrogen-bond acceptors (Lipinski definition) is 5. The monoisotopic (exact) mass is 282 g/mol. The third-order valence-corrected chi connectivity index (χ3v) is 3.08. The van der Waals surface area contributed by atoms with Gasteiger partial charge in [0.1, 0.15) is 0 Å². The molecule has 0 fully saturated rings. The van der Waals surface area contributed by atoms with E-state index in [0.717, 1.165) is 11.3 Å². The van der Waals surface area contributed by atoms with E-state index in [2.05, 4.69) is 10.1 Å². The highest BCUT2D eigenvalue weighted by Crippen LogP contribution is 2.25. The molecule has 0 aliphatic heterocycles. The second-order valence-corrected chi connectivity index (χ2v) is 4.44. The molecule has 1 aromatic carbocycles. The van der Waals surface area contributed by atoms with E-state index in [1.54, 1.807) is 29.8 Å². The lowest BCUT2D eigenvalue weighted by Gasteiger charge is -2.07. The van der Waals surface area contributed by atoms with Crippen LogP contribution in [0.3, 0.4) is 0 Å². The summed E-state index contributed by atoms with van der Waals surface area (Å²) in [4.78, 5) is 16.0. The fourth-order valence-electron chi connectivity index (χ4n) is 2.13. The van der Waals surface area contributed by atoms with Crippen molar-refractivity contribution in [1.29, 1.82) is 0 Å². The Kier molecular flexibility index (Phi) is 3.27. The highest BCUT2D eigenvalue weighted by Gasteiger charge is 2.15. The fraction of sp³-hybridized carbons (Fsp3) is 0.133. The van der Waals surface area contributed by atoms with Gasteiger partial charge in [0.2, 0.25) is 0 Å². The Bertz CT molecular complexity index is 810. The van der Waals surface area contributed by atoms with Gasteiger partial charge in [-0.3, -0.25) is 0 Å². The Balaban J connectivity index is 2.17. The molecule has 6 heteroatoms. The first-order valence-corrected chi connectivity index (χ1v) is 6.57. The van der Waals surface area contributed by atoms with Crippen LogP contribution < -0.4 is 5.73 Å². The first kappa shape index (κ1) is 13.1. The summed E-state index contributed by atoms with van der Waals surface area (Å²) in [6.07, 6.45) is 1.66. The number of ether oxygens (including phenoxy) is 1. The molecule has 0 atom stereocenters. The van der Waals surface area contributed by atoms with E-state index in [1.807, 2.05) is 24.3 Å². The molecule has 0 radical (unpaired) electrons. The zero-order valence-corrected chi connectivity index (χ0v) is 11.5. The van der Waals surface area contributed by atoms with Gasteiger partial charge in [-0.05, 0) is 19.1 Å². The summed E-state index contributed by atoms with van der Waals surface area (Å²) in [6, 6.07) is 10.9. The third kappa shape index (κ3) is 2.31. The first-order chi connectivity index (χ1) is 10.2. The van der Waals surface area contributed by atoms with Crippen molar-refractivity contribution in [3.63, 3.8) is 0 Å². The minimum absolute atomic E-state index is 0.228. The fourth-order valence-corrected chi connectivity index (χ4v) is 2.13. The summed E-state index contributed by atoms with van der Waals surface area (Å²) in [7, 11) is 0. The standard InChI is InChI=1S/C15H14N4O2/c1-2-21-15(20)12-9-14-17-8-7-13(19(14)18-12)10-5-3-4-6-11(10)16/h3-9H,2,16H2,1H3. The van der Waals surface area contributed by atoms with Crippen LogP contribution in [-0.2, 0) is 4.74 Å². The molecule has 0 saturated heterocycles. The van der Waals surface area contributed by atoms with Crippen LogP contribution in [0.4, 0.5) is 5.69 Å². The number of nitrogens with zero attached hydrogens (tertiary/aromatic N) is 3. The highest BCUT2D eigenvalue weighted by atomic mass is 16.5. The van der Waals surface area contributed by atoms with Crippen LogP contribution in [0.15, 0.2) is 42.6 Å². The van der Waals surface area contributed by atoms with E-state index < -0.39 is 5.97 Å². The Morgan fingerprint density at radius 3 is 2.90 bits per heavy atom. The summed E-state index contributed by atoms with van der Waals surface area (Å²) in [5.74, 6) is -0.463. The number of aromatic nitrogens is 3. The molecule has 2 aromatic heterocycles. The zero-order chi connectivity index (χ0) is 14.8. The van der Waals surface area contributed by atoms with Gasteiger partial charge >= 0.3 is 5.97 Å². The average Bonchev–Trinajstić information content (AvgIpc) is 2.92. The molecule has 2 N–H and O–H groups in total. The Labute approximate surface area is 121 Å². The molecule has 3 aromatic rings.